The first-order valence-electron chi connectivity index (χ1n) is 10.7. The Balaban J connectivity index is 1.16. The first kappa shape index (κ1) is 20.9. The molecule has 160 valence electrons. The minimum Gasteiger partial charge on any atom is -0.368 e. The molecule has 0 amide bonds. The van der Waals surface area contributed by atoms with Gasteiger partial charge in [-0.3, -0.25) is 4.90 Å². The Morgan fingerprint density at radius 2 is 1.68 bits per heavy atom. The quantitative estimate of drug-likeness (QED) is 0.522. The molecule has 4 rings (SSSR count). The number of tetrazole rings is 1. The van der Waals surface area contributed by atoms with E-state index in [1.165, 1.54) is 6.07 Å². The number of hydrogen-bond donors (Lipinski definition) is 0. The van der Waals surface area contributed by atoms with Crippen molar-refractivity contribution in [2.45, 2.75) is 25.8 Å². The van der Waals surface area contributed by atoms with Gasteiger partial charge in [-0.25, -0.2) is 4.39 Å². The number of rotatable bonds is 8. The fraction of sp³-hybridized carbons (Fsp3) is 0.391. The molecular weight excluding hydrogens is 393 g/mol. The molecule has 1 aliphatic rings. The van der Waals surface area contributed by atoms with E-state index < -0.39 is 5.82 Å². The predicted molar refractivity (Wildman–Crippen MR) is 117 cm³/mol. The maximum Gasteiger partial charge on any atom is 0.204 e. The molecule has 0 spiro atoms. The molecule has 31 heavy (non-hydrogen) atoms. The molecule has 0 atom stereocenters. The van der Waals surface area contributed by atoms with Crippen LogP contribution in [0.5, 0.6) is 0 Å². The highest BCUT2D eigenvalue weighted by atomic mass is 19.1. The van der Waals surface area contributed by atoms with Crippen LogP contribution >= 0.6 is 0 Å². The second-order valence-electron chi connectivity index (χ2n) is 7.71. The predicted octanol–water partition coefficient (Wildman–Crippen LogP) is 3.34. The third-order valence-electron chi connectivity index (χ3n) is 5.63. The van der Waals surface area contributed by atoms with E-state index in [0.29, 0.717) is 11.5 Å². The highest BCUT2D eigenvalue weighted by molar-refractivity contribution is 5.60. The van der Waals surface area contributed by atoms with Gasteiger partial charge in [0.05, 0.1) is 12.2 Å². The number of halogens is 1. The zero-order chi connectivity index (χ0) is 21.5. The van der Waals surface area contributed by atoms with E-state index >= 15 is 0 Å². The molecule has 0 bridgehead atoms. The lowest BCUT2D eigenvalue weighted by Gasteiger charge is -2.36. The van der Waals surface area contributed by atoms with Crippen molar-refractivity contribution in [3.63, 3.8) is 0 Å². The monoisotopic (exact) mass is 419 g/mol. The van der Waals surface area contributed by atoms with Crippen LogP contribution in [0.1, 0.15) is 24.8 Å². The molecule has 0 aliphatic carbocycles. The van der Waals surface area contributed by atoms with Gasteiger partial charge in [0.25, 0.3) is 0 Å². The lowest BCUT2D eigenvalue weighted by atomic mass is 10.1. The minimum atomic E-state index is -0.444. The van der Waals surface area contributed by atoms with Crippen molar-refractivity contribution < 1.29 is 4.39 Å². The highest BCUT2D eigenvalue weighted by Gasteiger charge is 2.20. The number of unbranched alkanes of at least 4 members (excludes halogenated alkanes) is 2. The normalized spacial score (nSPS) is 14.5. The van der Waals surface area contributed by atoms with Crippen LogP contribution in [0.15, 0.2) is 48.5 Å². The summed E-state index contributed by atoms with van der Waals surface area (Å²) in [5.41, 5.74) is 1.83. The van der Waals surface area contributed by atoms with Gasteiger partial charge in [0.2, 0.25) is 5.82 Å². The summed E-state index contributed by atoms with van der Waals surface area (Å²) < 4.78 is 13.9. The van der Waals surface area contributed by atoms with Crippen molar-refractivity contribution in [2.75, 3.05) is 37.6 Å². The third kappa shape index (κ3) is 5.25. The van der Waals surface area contributed by atoms with Crippen LogP contribution in [0.4, 0.5) is 10.1 Å². The van der Waals surface area contributed by atoms with Gasteiger partial charge in [-0.2, -0.15) is 10.1 Å². The minimum absolute atomic E-state index is 0.146. The number of aromatic nitrogens is 4. The van der Waals surface area contributed by atoms with Crippen molar-refractivity contribution in [3.8, 4) is 17.5 Å². The lowest BCUT2D eigenvalue weighted by Crippen LogP contribution is -2.46. The number of anilines is 1. The molecular formula is C23H26FN7. The second kappa shape index (κ2) is 10.1. The van der Waals surface area contributed by atoms with E-state index in [2.05, 4.69) is 25.2 Å². The topological polar surface area (TPSA) is 73.9 Å². The van der Waals surface area contributed by atoms with Crippen LogP contribution < -0.4 is 4.90 Å². The van der Waals surface area contributed by atoms with Gasteiger partial charge in [-0.15, -0.1) is 10.2 Å². The van der Waals surface area contributed by atoms with Gasteiger partial charge < -0.3 is 4.90 Å². The maximum atomic E-state index is 13.9. The Bertz CT molecular complexity index is 1020. The summed E-state index contributed by atoms with van der Waals surface area (Å²) in [6.45, 7) is 5.28. The standard InChI is InChI=1S/C23H26FN7/c24-21-10-7-11-22(20(21)18-25)30-16-14-29(15-17-30)12-5-2-6-13-31-27-23(26-28-31)19-8-3-1-4-9-19/h1,3-4,7-11H,2,5-6,12-17H2. The summed E-state index contributed by atoms with van der Waals surface area (Å²) in [5, 5.41) is 22.0. The summed E-state index contributed by atoms with van der Waals surface area (Å²) in [5.74, 6) is 0.219. The highest BCUT2D eigenvalue weighted by Crippen LogP contribution is 2.23. The van der Waals surface area contributed by atoms with Crippen molar-refractivity contribution in [1.82, 2.24) is 25.1 Å². The van der Waals surface area contributed by atoms with Crippen LogP contribution in [0.2, 0.25) is 0 Å². The van der Waals surface area contributed by atoms with E-state index in [1.54, 1.807) is 10.9 Å². The Morgan fingerprint density at radius 3 is 2.45 bits per heavy atom. The Labute approximate surface area is 181 Å². The largest absolute Gasteiger partial charge is 0.368 e. The fourth-order valence-electron chi connectivity index (χ4n) is 3.91. The molecule has 1 fully saturated rings. The summed E-state index contributed by atoms with van der Waals surface area (Å²) in [7, 11) is 0. The number of nitriles is 1. The average Bonchev–Trinajstić information content (AvgIpc) is 3.29. The zero-order valence-electron chi connectivity index (χ0n) is 17.5. The van der Waals surface area contributed by atoms with Crippen molar-refractivity contribution in [3.05, 3.63) is 59.9 Å². The van der Waals surface area contributed by atoms with E-state index in [1.807, 2.05) is 42.5 Å². The molecule has 0 radical (unpaired) electrons. The van der Waals surface area contributed by atoms with Crippen LogP contribution in [-0.2, 0) is 6.54 Å². The molecule has 2 aromatic carbocycles. The second-order valence-corrected chi connectivity index (χ2v) is 7.71. The Kier molecular flexibility index (Phi) is 6.85. The van der Waals surface area contributed by atoms with Gasteiger partial charge in [0, 0.05) is 31.7 Å². The van der Waals surface area contributed by atoms with Gasteiger partial charge in [0.1, 0.15) is 17.4 Å². The summed E-state index contributed by atoms with van der Waals surface area (Å²) in [4.78, 5) is 6.22. The SMILES string of the molecule is N#Cc1c(F)cccc1N1CCN(CCCCCn2nnc(-c3ccccc3)n2)CC1. The van der Waals surface area contributed by atoms with Gasteiger partial charge in [-0.05, 0) is 36.7 Å². The number of piperazine rings is 1. The molecule has 2 heterocycles. The van der Waals surface area contributed by atoms with Crippen LogP contribution in [0, 0.1) is 17.1 Å². The van der Waals surface area contributed by atoms with E-state index in [9.17, 15) is 9.65 Å². The van der Waals surface area contributed by atoms with Gasteiger partial charge in [0.15, 0.2) is 0 Å². The van der Waals surface area contributed by atoms with Gasteiger partial charge in [-0.1, -0.05) is 42.8 Å². The maximum absolute atomic E-state index is 13.9. The van der Waals surface area contributed by atoms with E-state index in [0.717, 1.165) is 64.1 Å². The third-order valence-corrected chi connectivity index (χ3v) is 5.63. The van der Waals surface area contributed by atoms with Crippen LogP contribution in [-0.4, -0.2) is 57.8 Å². The average molecular weight is 420 g/mol. The molecule has 1 aromatic heterocycles. The first-order valence-corrected chi connectivity index (χ1v) is 10.7. The van der Waals surface area contributed by atoms with Gasteiger partial charge >= 0.3 is 0 Å². The number of benzene rings is 2. The molecule has 1 aliphatic heterocycles. The summed E-state index contributed by atoms with van der Waals surface area (Å²) in [6, 6.07) is 16.7. The van der Waals surface area contributed by atoms with Crippen molar-refractivity contribution in [2.24, 2.45) is 0 Å². The molecule has 0 saturated carbocycles. The molecule has 0 unspecified atom stereocenters. The van der Waals surface area contributed by atoms with Crippen molar-refractivity contribution >= 4 is 5.69 Å². The molecule has 3 aromatic rings. The summed E-state index contributed by atoms with van der Waals surface area (Å²) >= 11 is 0. The number of nitrogens with zero attached hydrogens (tertiary/aromatic N) is 7. The fourth-order valence-corrected chi connectivity index (χ4v) is 3.91. The lowest BCUT2D eigenvalue weighted by molar-refractivity contribution is 0.251. The summed E-state index contributed by atoms with van der Waals surface area (Å²) in [6.07, 6.45) is 3.23. The molecule has 1 saturated heterocycles. The Hall–Kier alpha value is -3.31. The first-order chi connectivity index (χ1) is 15.2. The Morgan fingerprint density at radius 1 is 0.903 bits per heavy atom. The van der Waals surface area contributed by atoms with Crippen LogP contribution in [0.25, 0.3) is 11.4 Å². The number of hydrogen-bond acceptors (Lipinski definition) is 6. The van der Waals surface area contributed by atoms with Crippen molar-refractivity contribution in [1.29, 1.82) is 5.26 Å². The van der Waals surface area contributed by atoms with E-state index in [4.69, 9.17) is 0 Å². The number of aryl methyl sites for hydroxylation is 1. The van der Waals surface area contributed by atoms with E-state index in [-0.39, 0.29) is 5.56 Å². The van der Waals surface area contributed by atoms with Crippen LogP contribution in [0.3, 0.4) is 0 Å². The zero-order valence-corrected chi connectivity index (χ0v) is 17.5. The molecule has 0 N–H and O–H groups in total. The molecule has 7 nitrogen and oxygen atoms in total. The molecule has 8 heteroatoms. The smallest absolute Gasteiger partial charge is 0.204 e.